The third-order valence-corrected chi connectivity index (χ3v) is 2.36. The molecule has 1 fully saturated rings. The highest BCUT2D eigenvalue weighted by atomic mass is 16.5. The van der Waals surface area contributed by atoms with Crippen molar-refractivity contribution in [2.24, 2.45) is 0 Å². The molecule has 2 rings (SSSR count). The van der Waals surface area contributed by atoms with Crippen LogP contribution in [0.25, 0.3) is 0 Å². The molecule has 2 heterocycles. The van der Waals surface area contributed by atoms with E-state index in [1.807, 2.05) is 0 Å². The highest BCUT2D eigenvalue weighted by Crippen LogP contribution is 2.23. The Bertz CT molecular complexity index is 349. The van der Waals surface area contributed by atoms with Crippen LogP contribution in [0.3, 0.4) is 0 Å². The van der Waals surface area contributed by atoms with Gasteiger partial charge in [-0.2, -0.15) is 0 Å². The van der Waals surface area contributed by atoms with Gasteiger partial charge >= 0.3 is 5.97 Å². The summed E-state index contributed by atoms with van der Waals surface area (Å²) >= 11 is 0. The predicted molar refractivity (Wildman–Crippen MR) is 51.5 cm³/mol. The number of hydrogen-bond acceptors (Lipinski definition) is 5. The third kappa shape index (κ3) is 1.89. The zero-order valence-electron chi connectivity index (χ0n) is 8.01. The van der Waals surface area contributed by atoms with Crippen LogP contribution in [0, 0.1) is 0 Å². The van der Waals surface area contributed by atoms with E-state index >= 15 is 0 Å². The van der Waals surface area contributed by atoms with Crippen LogP contribution in [0.5, 0.6) is 0 Å². The first kappa shape index (κ1) is 9.85. The molecule has 1 aromatic heterocycles. The quantitative estimate of drug-likeness (QED) is 0.736. The first-order chi connectivity index (χ1) is 7.23. The van der Waals surface area contributed by atoms with Crippen LogP contribution in [-0.2, 0) is 9.53 Å². The molecule has 1 aromatic rings. The Balaban J connectivity index is 2.18. The number of nitrogens with one attached hydrogen (secondary N) is 1. The predicted octanol–water partition coefficient (Wildman–Crippen LogP) is 0.132. The third-order valence-electron chi connectivity index (χ3n) is 2.36. The van der Waals surface area contributed by atoms with Gasteiger partial charge in [-0.15, -0.1) is 0 Å². The van der Waals surface area contributed by atoms with Gasteiger partial charge in [-0.05, 0) is 0 Å². The van der Waals surface area contributed by atoms with Gasteiger partial charge in [-0.1, -0.05) is 0 Å². The number of carboxylic acid groups (broad SMARTS) is 1. The summed E-state index contributed by atoms with van der Waals surface area (Å²) in [6, 6.07) is 0. The fourth-order valence-electron chi connectivity index (χ4n) is 1.49. The summed E-state index contributed by atoms with van der Waals surface area (Å²) in [5.74, 6) is -0.476. The van der Waals surface area contributed by atoms with Crippen LogP contribution in [0.2, 0.25) is 0 Å². The summed E-state index contributed by atoms with van der Waals surface area (Å²) in [5.41, 5.74) is -1.06. The molecule has 0 saturated carbocycles. The standard InChI is InChI=1S/C9H11N3O3/c13-8(14)9(1-4-15-6-9)12-7-5-10-2-3-11-7/h2-3,5H,1,4,6H2,(H,11,12)(H,13,14). The maximum atomic E-state index is 11.1. The monoisotopic (exact) mass is 209 g/mol. The summed E-state index contributed by atoms with van der Waals surface area (Å²) in [7, 11) is 0. The SMILES string of the molecule is O=C(O)C1(Nc2cnccn2)CCOC1. The maximum absolute atomic E-state index is 11.1. The van der Waals surface area contributed by atoms with Crippen LogP contribution >= 0.6 is 0 Å². The van der Waals surface area contributed by atoms with E-state index in [2.05, 4.69) is 15.3 Å². The Morgan fingerprint density at radius 1 is 1.60 bits per heavy atom. The van der Waals surface area contributed by atoms with E-state index in [-0.39, 0.29) is 6.61 Å². The number of hydrogen-bond donors (Lipinski definition) is 2. The lowest BCUT2D eigenvalue weighted by molar-refractivity contribution is -0.142. The molecule has 1 aliphatic rings. The number of aliphatic carboxylic acids is 1. The Morgan fingerprint density at radius 2 is 2.47 bits per heavy atom. The van der Waals surface area contributed by atoms with E-state index < -0.39 is 11.5 Å². The average molecular weight is 209 g/mol. The van der Waals surface area contributed by atoms with E-state index in [4.69, 9.17) is 9.84 Å². The van der Waals surface area contributed by atoms with Crippen molar-refractivity contribution in [3.05, 3.63) is 18.6 Å². The number of ether oxygens (including phenoxy) is 1. The van der Waals surface area contributed by atoms with Gasteiger partial charge in [0.2, 0.25) is 0 Å². The molecular weight excluding hydrogens is 198 g/mol. The Morgan fingerprint density at radius 3 is 3.00 bits per heavy atom. The van der Waals surface area contributed by atoms with Gasteiger partial charge < -0.3 is 15.2 Å². The minimum Gasteiger partial charge on any atom is -0.479 e. The molecule has 1 aliphatic heterocycles. The molecular formula is C9H11N3O3. The topological polar surface area (TPSA) is 84.3 Å². The molecule has 6 nitrogen and oxygen atoms in total. The second kappa shape index (κ2) is 3.82. The molecule has 1 unspecified atom stereocenters. The van der Waals surface area contributed by atoms with Crippen LogP contribution in [-0.4, -0.2) is 39.8 Å². The molecule has 0 radical (unpaired) electrons. The van der Waals surface area contributed by atoms with Gasteiger partial charge in [0.15, 0.2) is 5.54 Å². The molecule has 0 amide bonds. The molecule has 0 aliphatic carbocycles. The summed E-state index contributed by atoms with van der Waals surface area (Å²) in [4.78, 5) is 19.0. The molecule has 2 N–H and O–H groups in total. The number of carboxylic acids is 1. The first-order valence-corrected chi connectivity index (χ1v) is 4.58. The number of anilines is 1. The summed E-state index contributed by atoms with van der Waals surface area (Å²) < 4.78 is 5.10. The second-order valence-electron chi connectivity index (χ2n) is 3.41. The molecule has 0 aromatic carbocycles. The Kier molecular flexibility index (Phi) is 2.51. The average Bonchev–Trinajstić information content (AvgIpc) is 2.69. The molecule has 1 saturated heterocycles. The van der Waals surface area contributed by atoms with Crippen molar-refractivity contribution in [1.29, 1.82) is 0 Å². The zero-order chi connectivity index (χ0) is 10.7. The van der Waals surface area contributed by atoms with Crippen molar-refractivity contribution in [3.8, 4) is 0 Å². The van der Waals surface area contributed by atoms with Crippen LogP contribution in [0.4, 0.5) is 5.82 Å². The number of nitrogens with zero attached hydrogens (tertiary/aromatic N) is 2. The largest absolute Gasteiger partial charge is 0.479 e. The van der Waals surface area contributed by atoms with Gasteiger partial charge in [0.25, 0.3) is 0 Å². The van der Waals surface area contributed by atoms with Gasteiger partial charge in [0, 0.05) is 25.4 Å². The normalized spacial score (nSPS) is 25.1. The lowest BCUT2D eigenvalue weighted by Gasteiger charge is -2.23. The van der Waals surface area contributed by atoms with Gasteiger partial charge in [-0.25, -0.2) is 9.78 Å². The summed E-state index contributed by atoms with van der Waals surface area (Å²) in [5, 5.41) is 12.0. The fraction of sp³-hybridized carbons (Fsp3) is 0.444. The highest BCUT2D eigenvalue weighted by Gasteiger charge is 2.42. The van der Waals surface area contributed by atoms with E-state index in [0.717, 1.165) is 0 Å². The number of aromatic nitrogens is 2. The molecule has 0 bridgehead atoms. The molecule has 6 heteroatoms. The minimum absolute atomic E-state index is 0.152. The summed E-state index contributed by atoms with van der Waals surface area (Å²) in [6.45, 7) is 0.596. The Hall–Kier alpha value is -1.69. The van der Waals surface area contributed by atoms with E-state index in [0.29, 0.717) is 18.8 Å². The number of rotatable bonds is 3. The van der Waals surface area contributed by atoms with E-state index in [1.165, 1.54) is 18.6 Å². The van der Waals surface area contributed by atoms with Crippen molar-refractivity contribution in [3.63, 3.8) is 0 Å². The lowest BCUT2D eigenvalue weighted by atomic mass is 9.99. The number of carbonyl (C=O) groups is 1. The van der Waals surface area contributed by atoms with Gasteiger partial charge in [-0.3, -0.25) is 4.98 Å². The first-order valence-electron chi connectivity index (χ1n) is 4.58. The minimum atomic E-state index is -1.06. The molecule has 15 heavy (non-hydrogen) atoms. The summed E-state index contributed by atoms with van der Waals surface area (Å²) in [6.07, 6.45) is 4.96. The lowest BCUT2D eigenvalue weighted by Crippen LogP contribution is -2.47. The van der Waals surface area contributed by atoms with Gasteiger partial charge in [0.05, 0.1) is 12.8 Å². The second-order valence-corrected chi connectivity index (χ2v) is 3.41. The Labute approximate surface area is 86.3 Å². The smallest absolute Gasteiger partial charge is 0.331 e. The van der Waals surface area contributed by atoms with Crippen molar-refractivity contribution >= 4 is 11.8 Å². The van der Waals surface area contributed by atoms with Crippen molar-refractivity contribution in [2.75, 3.05) is 18.5 Å². The van der Waals surface area contributed by atoms with Crippen LogP contribution in [0.15, 0.2) is 18.6 Å². The van der Waals surface area contributed by atoms with Gasteiger partial charge in [0.1, 0.15) is 5.82 Å². The van der Waals surface area contributed by atoms with Crippen molar-refractivity contribution in [1.82, 2.24) is 9.97 Å². The molecule has 1 atom stereocenters. The van der Waals surface area contributed by atoms with E-state index in [9.17, 15) is 4.79 Å². The van der Waals surface area contributed by atoms with E-state index in [1.54, 1.807) is 0 Å². The molecule has 0 spiro atoms. The highest BCUT2D eigenvalue weighted by molar-refractivity contribution is 5.83. The van der Waals surface area contributed by atoms with Crippen LogP contribution in [0.1, 0.15) is 6.42 Å². The molecule has 80 valence electrons. The maximum Gasteiger partial charge on any atom is 0.331 e. The fourth-order valence-corrected chi connectivity index (χ4v) is 1.49. The van der Waals surface area contributed by atoms with Crippen molar-refractivity contribution in [2.45, 2.75) is 12.0 Å². The zero-order valence-corrected chi connectivity index (χ0v) is 8.01. The van der Waals surface area contributed by atoms with Crippen molar-refractivity contribution < 1.29 is 14.6 Å². The van der Waals surface area contributed by atoms with Crippen LogP contribution < -0.4 is 5.32 Å².